The Morgan fingerprint density at radius 2 is 1.81 bits per heavy atom. The molecular weight excluding hydrogens is 388 g/mol. The zero-order chi connectivity index (χ0) is 22.0. The molecule has 2 aromatic carbocycles. The van der Waals surface area contributed by atoms with Gasteiger partial charge < -0.3 is 10.1 Å². The second-order valence-electron chi connectivity index (χ2n) is 8.01. The van der Waals surface area contributed by atoms with E-state index >= 15 is 0 Å². The number of ether oxygens (including phenoxy) is 1. The molecule has 1 N–H and O–H groups in total. The van der Waals surface area contributed by atoms with E-state index in [4.69, 9.17) is 4.74 Å². The first kappa shape index (κ1) is 20.6. The Kier molecular flexibility index (Phi) is 5.71. The predicted octanol–water partition coefficient (Wildman–Crippen LogP) is 5.72. The van der Waals surface area contributed by atoms with Crippen molar-refractivity contribution >= 4 is 22.5 Å². The van der Waals surface area contributed by atoms with E-state index in [0.717, 1.165) is 27.8 Å². The molecule has 0 radical (unpaired) electrons. The molecule has 0 aliphatic heterocycles. The minimum atomic E-state index is -0.191. The van der Waals surface area contributed by atoms with Crippen molar-refractivity contribution < 1.29 is 9.53 Å². The van der Waals surface area contributed by atoms with Crippen molar-refractivity contribution in [3.63, 3.8) is 0 Å². The Bertz CT molecular complexity index is 1210. The van der Waals surface area contributed by atoms with Gasteiger partial charge in [-0.2, -0.15) is 5.10 Å². The molecule has 6 nitrogen and oxygen atoms in total. The van der Waals surface area contributed by atoms with Gasteiger partial charge in [0.05, 0.1) is 23.5 Å². The second-order valence-corrected chi connectivity index (χ2v) is 8.01. The SMILES string of the molecule is CC(C)Oc1ccc(C(=O)Nc2cccc3c(-c4cnn(C(C)C)c4)ccnc23)cc1. The number of para-hydroxylation sites is 1. The topological polar surface area (TPSA) is 69.0 Å². The summed E-state index contributed by atoms with van der Waals surface area (Å²) in [6, 6.07) is 15.2. The fourth-order valence-electron chi connectivity index (χ4n) is 3.44. The molecule has 0 saturated carbocycles. The molecule has 6 heteroatoms. The Morgan fingerprint density at radius 1 is 1.03 bits per heavy atom. The van der Waals surface area contributed by atoms with Crippen LogP contribution in [0.15, 0.2) is 67.1 Å². The quantitative estimate of drug-likeness (QED) is 0.438. The van der Waals surface area contributed by atoms with Crippen LogP contribution in [0.2, 0.25) is 0 Å². The molecular formula is C25H26N4O2. The Hall–Kier alpha value is -3.67. The van der Waals surface area contributed by atoms with E-state index in [-0.39, 0.29) is 18.1 Å². The zero-order valence-electron chi connectivity index (χ0n) is 18.2. The normalized spacial score (nSPS) is 11.3. The maximum absolute atomic E-state index is 12.8. The standard InChI is InChI=1S/C25H26N4O2/c1-16(2)29-15-19(14-27-29)21-12-13-26-24-22(21)6-5-7-23(24)28-25(30)18-8-10-20(11-9-18)31-17(3)4/h5-17H,1-4H3,(H,28,30). The van der Waals surface area contributed by atoms with Crippen LogP contribution in [-0.2, 0) is 0 Å². The summed E-state index contributed by atoms with van der Waals surface area (Å²) < 4.78 is 7.58. The summed E-state index contributed by atoms with van der Waals surface area (Å²) in [4.78, 5) is 17.4. The largest absolute Gasteiger partial charge is 0.491 e. The van der Waals surface area contributed by atoms with E-state index in [9.17, 15) is 4.79 Å². The lowest BCUT2D eigenvalue weighted by atomic mass is 10.0. The van der Waals surface area contributed by atoms with Crippen molar-refractivity contribution in [3.05, 3.63) is 72.7 Å². The summed E-state index contributed by atoms with van der Waals surface area (Å²) in [6.07, 6.45) is 5.74. The van der Waals surface area contributed by atoms with E-state index < -0.39 is 0 Å². The molecule has 0 saturated heterocycles. The number of aromatic nitrogens is 3. The molecule has 0 aliphatic carbocycles. The van der Waals surface area contributed by atoms with Crippen LogP contribution < -0.4 is 10.1 Å². The van der Waals surface area contributed by atoms with E-state index in [1.807, 2.05) is 55.2 Å². The molecule has 0 spiro atoms. The van der Waals surface area contributed by atoms with E-state index in [0.29, 0.717) is 11.3 Å². The molecule has 158 valence electrons. The van der Waals surface area contributed by atoms with Crippen LogP contribution >= 0.6 is 0 Å². The molecule has 2 heterocycles. The van der Waals surface area contributed by atoms with Crippen LogP contribution in [0.5, 0.6) is 5.75 Å². The number of pyridine rings is 1. The highest BCUT2D eigenvalue weighted by molar-refractivity contribution is 6.10. The summed E-state index contributed by atoms with van der Waals surface area (Å²) >= 11 is 0. The second kappa shape index (κ2) is 8.60. The van der Waals surface area contributed by atoms with Crippen molar-refractivity contribution in [2.24, 2.45) is 0 Å². The van der Waals surface area contributed by atoms with Gasteiger partial charge in [0.1, 0.15) is 5.75 Å². The van der Waals surface area contributed by atoms with Crippen molar-refractivity contribution in [3.8, 4) is 16.9 Å². The number of nitrogens with one attached hydrogen (secondary N) is 1. The Morgan fingerprint density at radius 3 is 2.48 bits per heavy atom. The van der Waals surface area contributed by atoms with Gasteiger partial charge in [0.15, 0.2) is 0 Å². The lowest BCUT2D eigenvalue weighted by Crippen LogP contribution is -2.12. The first-order chi connectivity index (χ1) is 14.9. The van der Waals surface area contributed by atoms with Crippen LogP contribution in [0.3, 0.4) is 0 Å². The van der Waals surface area contributed by atoms with Crippen molar-refractivity contribution in [1.29, 1.82) is 0 Å². The number of carbonyl (C=O) groups excluding carboxylic acids is 1. The smallest absolute Gasteiger partial charge is 0.255 e. The summed E-state index contributed by atoms with van der Waals surface area (Å²) in [7, 11) is 0. The number of hydrogen-bond acceptors (Lipinski definition) is 4. The number of fused-ring (bicyclic) bond motifs is 1. The van der Waals surface area contributed by atoms with Gasteiger partial charge in [0.25, 0.3) is 5.91 Å². The minimum Gasteiger partial charge on any atom is -0.491 e. The highest BCUT2D eigenvalue weighted by Gasteiger charge is 2.13. The van der Waals surface area contributed by atoms with Gasteiger partial charge in [-0.15, -0.1) is 0 Å². The number of benzene rings is 2. The molecule has 2 aromatic heterocycles. The molecule has 0 atom stereocenters. The average Bonchev–Trinajstić information content (AvgIpc) is 3.24. The summed E-state index contributed by atoms with van der Waals surface area (Å²) in [5.74, 6) is 0.549. The van der Waals surface area contributed by atoms with Crippen LogP contribution in [-0.4, -0.2) is 26.8 Å². The zero-order valence-corrected chi connectivity index (χ0v) is 18.2. The Labute approximate surface area is 181 Å². The average molecular weight is 415 g/mol. The van der Waals surface area contributed by atoms with E-state index in [1.54, 1.807) is 30.5 Å². The number of nitrogens with zero attached hydrogens (tertiary/aromatic N) is 3. The fourth-order valence-corrected chi connectivity index (χ4v) is 3.44. The molecule has 31 heavy (non-hydrogen) atoms. The predicted molar refractivity (Wildman–Crippen MR) is 124 cm³/mol. The van der Waals surface area contributed by atoms with Crippen LogP contribution in [0.4, 0.5) is 5.69 Å². The van der Waals surface area contributed by atoms with Crippen molar-refractivity contribution in [2.45, 2.75) is 39.8 Å². The van der Waals surface area contributed by atoms with Gasteiger partial charge in [0, 0.05) is 34.9 Å². The number of rotatable bonds is 6. The molecule has 0 bridgehead atoms. The first-order valence-corrected chi connectivity index (χ1v) is 10.4. The molecule has 0 unspecified atom stereocenters. The Balaban J connectivity index is 1.63. The molecule has 4 aromatic rings. The van der Waals surface area contributed by atoms with Gasteiger partial charge >= 0.3 is 0 Å². The van der Waals surface area contributed by atoms with Gasteiger partial charge in [0.2, 0.25) is 0 Å². The molecule has 4 rings (SSSR count). The van der Waals surface area contributed by atoms with E-state index in [2.05, 4.69) is 29.2 Å². The van der Waals surface area contributed by atoms with Crippen molar-refractivity contribution in [2.75, 3.05) is 5.32 Å². The lowest BCUT2D eigenvalue weighted by Gasteiger charge is -2.12. The highest BCUT2D eigenvalue weighted by atomic mass is 16.5. The van der Waals surface area contributed by atoms with Gasteiger partial charge in [-0.3, -0.25) is 14.5 Å². The maximum atomic E-state index is 12.8. The van der Waals surface area contributed by atoms with E-state index in [1.165, 1.54) is 0 Å². The minimum absolute atomic E-state index is 0.0864. The van der Waals surface area contributed by atoms with Gasteiger partial charge in [-0.1, -0.05) is 12.1 Å². The number of carbonyl (C=O) groups is 1. The summed E-state index contributed by atoms with van der Waals surface area (Å²) in [6.45, 7) is 8.12. The van der Waals surface area contributed by atoms with Crippen LogP contribution in [0.1, 0.15) is 44.1 Å². The number of amides is 1. The molecule has 1 amide bonds. The lowest BCUT2D eigenvalue weighted by molar-refractivity contribution is 0.102. The third kappa shape index (κ3) is 4.43. The van der Waals surface area contributed by atoms with Gasteiger partial charge in [-0.05, 0) is 69.7 Å². The monoisotopic (exact) mass is 414 g/mol. The van der Waals surface area contributed by atoms with Gasteiger partial charge in [-0.25, -0.2) is 0 Å². The summed E-state index contributed by atoms with van der Waals surface area (Å²) in [5, 5.41) is 8.41. The molecule has 0 fully saturated rings. The fraction of sp³-hybridized carbons (Fsp3) is 0.240. The number of hydrogen-bond donors (Lipinski definition) is 1. The third-order valence-electron chi connectivity index (χ3n) is 4.95. The maximum Gasteiger partial charge on any atom is 0.255 e. The summed E-state index contributed by atoms with van der Waals surface area (Å²) in [5.41, 5.74) is 4.02. The van der Waals surface area contributed by atoms with Crippen LogP contribution in [0, 0.1) is 0 Å². The molecule has 0 aliphatic rings. The highest BCUT2D eigenvalue weighted by Crippen LogP contribution is 2.31. The first-order valence-electron chi connectivity index (χ1n) is 10.4. The third-order valence-corrected chi connectivity index (χ3v) is 4.95. The number of anilines is 1. The van der Waals surface area contributed by atoms with Crippen molar-refractivity contribution in [1.82, 2.24) is 14.8 Å². The van der Waals surface area contributed by atoms with Crippen LogP contribution in [0.25, 0.3) is 22.0 Å².